The Labute approximate surface area is 166 Å². The second-order valence-electron chi connectivity index (χ2n) is 6.72. The number of amides is 2. The number of halogens is 1. The predicted molar refractivity (Wildman–Crippen MR) is 101 cm³/mol. The summed E-state index contributed by atoms with van der Waals surface area (Å²) in [6.45, 7) is 6.46. The van der Waals surface area contributed by atoms with Gasteiger partial charge in [0.05, 0.1) is 22.1 Å². The molecule has 0 spiro atoms. The Hall–Kier alpha value is -2.88. The van der Waals surface area contributed by atoms with Crippen molar-refractivity contribution in [2.75, 3.05) is 11.9 Å². The molecule has 0 saturated carbocycles. The van der Waals surface area contributed by atoms with Gasteiger partial charge < -0.3 is 20.1 Å². The zero-order chi connectivity index (χ0) is 21.5. The van der Waals surface area contributed by atoms with Gasteiger partial charge in [0.1, 0.15) is 5.60 Å². The van der Waals surface area contributed by atoms with E-state index in [1.54, 1.807) is 20.8 Å². The molecule has 28 heavy (non-hydrogen) atoms. The molecule has 11 heteroatoms. The molecule has 0 aliphatic heterocycles. The van der Waals surface area contributed by atoms with Crippen LogP contribution in [-0.2, 0) is 19.1 Å². The standard InChI is InChI=1S/C17H22ClN3O7/c1-10(27-14(22)7-8-19-16(24)28-17(2,3)4)15(23)20-13-6-5-11(21(25)26)9-12(13)18/h5-6,9-10H,7-8H2,1-4H3,(H,19,24)(H,20,23). The molecule has 0 bridgehead atoms. The van der Waals surface area contributed by atoms with Gasteiger partial charge in [0.2, 0.25) is 0 Å². The van der Waals surface area contributed by atoms with E-state index in [0.717, 1.165) is 6.07 Å². The van der Waals surface area contributed by atoms with Gasteiger partial charge in [-0.05, 0) is 33.8 Å². The lowest BCUT2D eigenvalue weighted by Gasteiger charge is -2.19. The summed E-state index contributed by atoms with van der Waals surface area (Å²) in [7, 11) is 0. The van der Waals surface area contributed by atoms with Gasteiger partial charge in [0, 0.05) is 18.7 Å². The summed E-state index contributed by atoms with van der Waals surface area (Å²) in [5, 5.41) is 15.5. The summed E-state index contributed by atoms with van der Waals surface area (Å²) in [4.78, 5) is 45.4. The quantitative estimate of drug-likeness (QED) is 0.396. The molecular formula is C17H22ClN3O7. The third kappa shape index (κ3) is 8.21. The third-order valence-corrected chi connectivity index (χ3v) is 3.41. The number of nitrogens with one attached hydrogen (secondary N) is 2. The van der Waals surface area contributed by atoms with Crippen molar-refractivity contribution >= 4 is 40.9 Å². The molecule has 0 aliphatic carbocycles. The van der Waals surface area contributed by atoms with Crippen LogP contribution in [0.15, 0.2) is 18.2 Å². The second kappa shape index (κ2) is 9.88. The molecule has 0 radical (unpaired) electrons. The van der Waals surface area contributed by atoms with Gasteiger partial charge >= 0.3 is 12.1 Å². The normalized spacial score (nSPS) is 11.9. The molecule has 10 nitrogen and oxygen atoms in total. The zero-order valence-electron chi connectivity index (χ0n) is 15.9. The van der Waals surface area contributed by atoms with Crippen LogP contribution in [0.3, 0.4) is 0 Å². The van der Waals surface area contributed by atoms with Crippen molar-refractivity contribution in [1.29, 1.82) is 0 Å². The number of esters is 1. The number of rotatable bonds is 7. The number of non-ortho nitro benzene ring substituents is 1. The Morgan fingerprint density at radius 3 is 2.46 bits per heavy atom. The number of nitro groups is 1. The summed E-state index contributed by atoms with van der Waals surface area (Å²) >= 11 is 5.89. The maximum atomic E-state index is 12.1. The lowest BCUT2D eigenvalue weighted by Crippen LogP contribution is -2.35. The van der Waals surface area contributed by atoms with Crippen LogP contribution in [0, 0.1) is 10.1 Å². The van der Waals surface area contributed by atoms with Gasteiger partial charge in [0.15, 0.2) is 6.10 Å². The van der Waals surface area contributed by atoms with Crippen LogP contribution in [0.4, 0.5) is 16.2 Å². The number of alkyl carbamates (subject to hydrolysis) is 1. The van der Waals surface area contributed by atoms with Crippen molar-refractivity contribution in [1.82, 2.24) is 5.32 Å². The smallest absolute Gasteiger partial charge is 0.407 e. The zero-order valence-corrected chi connectivity index (χ0v) is 16.7. The molecule has 1 aromatic rings. The topological polar surface area (TPSA) is 137 Å². The number of hydrogen-bond acceptors (Lipinski definition) is 7. The summed E-state index contributed by atoms with van der Waals surface area (Å²) < 4.78 is 9.99. The number of benzene rings is 1. The molecule has 1 rings (SSSR count). The number of anilines is 1. The van der Waals surface area contributed by atoms with Crippen molar-refractivity contribution in [3.8, 4) is 0 Å². The molecule has 2 N–H and O–H groups in total. The first kappa shape index (κ1) is 23.2. The minimum absolute atomic E-state index is 0.0176. The van der Waals surface area contributed by atoms with Crippen LogP contribution in [0.5, 0.6) is 0 Å². The molecule has 0 aliphatic rings. The molecule has 0 aromatic heterocycles. The molecule has 154 valence electrons. The number of carbonyl (C=O) groups excluding carboxylic acids is 3. The Morgan fingerprint density at radius 2 is 1.93 bits per heavy atom. The van der Waals surface area contributed by atoms with Gasteiger partial charge in [-0.1, -0.05) is 11.6 Å². The van der Waals surface area contributed by atoms with Crippen LogP contribution in [0.25, 0.3) is 0 Å². The Balaban J connectivity index is 2.46. The highest BCUT2D eigenvalue weighted by molar-refractivity contribution is 6.34. The Morgan fingerprint density at radius 1 is 1.29 bits per heavy atom. The number of nitro benzene ring substituents is 1. The Bertz CT molecular complexity index is 762. The second-order valence-corrected chi connectivity index (χ2v) is 7.13. The molecule has 1 atom stereocenters. The maximum absolute atomic E-state index is 12.1. The van der Waals surface area contributed by atoms with E-state index in [4.69, 9.17) is 21.1 Å². The fraction of sp³-hybridized carbons (Fsp3) is 0.471. The average molecular weight is 416 g/mol. The fourth-order valence-electron chi connectivity index (χ4n) is 1.84. The minimum atomic E-state index is -1.14. The van der Waals surface area contributed by atoms with E-state index in [2.05, 4.69) is 10.6 Å². The third-order valence-electron chi connectivity index (χ3n) is 3.10. The fourth-order valence-corrected chi connectivity index (χ4v) is 2.07. The van der Waals surface area contributed by atoms with Crippen molar-refractivity contribution < 1.29 is 28.8 Å². The maximum Gasteiger partial charge on any atom is 0.407 e. The average Bonchev–Trinajstić information content (AvgIpc) is 2.54. The first-order valence-corrected chi connectivity index (χ1v) is 8.68. The number of ether oxygens (including phenoxy) is 2. The van der Waals surface area contributed by atoms with Crippen molar-refractivity contribution in [3.63, 3.8) is 0 Å². The van der Waals surface area contributed by atoms with E-state index >= 15 is 0 Å². The summed E-state index contributed by atoms with van der Waals surface area (Å²) in [6.07, 6.45) is -1.96. The molecular weight excluding hydrogens is 394 g/mol. The lowest BCUT2D eigenvalue weighted by atomic mass is 10.2. The van der Waals surface area contributed by atoms with Gasteiger partial charge in [-0.25, -0.2) is 4.79 Å². The van der Waals surface area contributed by atoms with Crippen molar-refractivity contribution in [3.05, 3.63) is 33.3 Å². The SMILES string of the molecule is CC(OC(=O)CCNC(=O)OC(C)(C)C)C(=O)Nc1ccc([N+](=O)[O-])cc1Cl. The largest absolute Gasteiger partial charge is 0.452 e. The predicted octanol–water partition coefficient (Wildman–Crippen LogP) is 3.03. The van der Waals surface area contributed by atoms with Crippen LogP contribution >= 0.6 is 11.6 Å². The van der Waals surface area contributed by atoms with Gasteiger partial charge in [-0.2, -0.15) is 0 Å². The molecule has 2 amide bonds. The number of hydrogen-bond donors (Lipinski definition) is 2. The summed E-state index contributed by atoms with van der Waals surface area (Å²) in [5.41, 5.74) is -0.734. The van der Waals surface area contributed by atoms with E-state index in [1.165, 1.54) is 19.1 Å². The minimum Gasteiger partial charge on any atom is -0.452 e. The van der Waals surface area contributed by atoms with E-state index in [0.29, 0.717) is 0 Å². The highest BCUT2D eigenvalue weighted by Gasteiger charge is 2.20. The first-order chi connectivity index (χ1) is 12.9. The van der Waals surface area contributed by atoms with Crippen LogP contribution < -0.4 is 10.6 Å². The molecule has 1 aromatic carbocycles. The monoisotopic (exact) mass is 415 g/mol. The highest BCUT2D eigenvalue weighted by atomic mass is 35.5. The van der Waals surface area contributed by atoms with Gasteiger partial charge in [-0.3, -0.25) is 19.7 Å². The number of nitrogens with zero attached hydrogens (tertiary/aromatic N) is 1. The van der Waals surface area contributed by atoms with Crippen molar-refractivity contribution in [2.45, 2.75) is 45.8 Å². The van der Waals surface area contributed by atoms with E-state index in [-0.39, 0.29) is 29.4 Å². The molecule has 0 saturated heterocycles. The summed E-state index contributed by atoms with van der Waals surface area (Å²) in [6, 6.07) is 3.55. The highest BCUT2D eigenvalue weighted by Crippen LogP contribution is 2.26. The van der Waals surface area contributed by atoms with Gasteiger partial charge in [-0.15, -0.1) is 0 Å². The van der Waals surface area contributed by atoms with Crippen LogP contribution in [-0.4, -0.2) is 41.1 Å². The van der Waals surface area contributed by atoms with Crippen molar-refractivity contribution in [2.24, 2.45) is 0 Å². The lowest BCUT2D eigenvalue weighted by molar-refractivity contribution is -0.384. The summed E-state index contributed by atoms with van der Waals surface area (Å²) in [5.74, 6) is -1.36. The van der Waals surface area contributed by atoms with Crippen LogP contribution in [0.1, 0.15) is 34.1 Å². The molecule has 1 unspecified atom stereocenters. The van der Waals surface area contributed by atoms with E-state index in [1.807, 2.05) is 0 Å². The van der Waals surface area contributed by atoms with Gasteiger partial charge in [0.25, 0.3) is 11.6 Å². The molecule has 0 fully saturated rings. The first-order valence-electron chi connectivity index (χ1n) is 8.30. The molecule has 0 heterocycles. The Kier molecular flexibility index (Phi) is 8.17. The van der Waals surface area contributed by atoms with E-state index < -0.39 is 34.6 Å². The number of carbonyl (C=O) groups is 3. The van der Waals surface area contributed by atoms with E-state index in [9.17, 15) is 24.5 Å². The van der Waals surface area contributed by atoms with Crippen LogP contribution in [0.2, 0.25) is 5.02 Å².